The second-order valence-corrected chi connectivity index (χ2v) is 9.10. The third-order valence-electron chi connectivity index (χ3n) is 5.81. The molecule has 5 rings (SSSR count). The molecule has 158 valence electrons. The lowest BCUT2D eigenvalue weighted by Gasteiger charge is -2.34. The smallest absolute Gasteiger partial charge is 0.257 e. The third-order valence-corrected chi connectivity index (χ3v) is 7.31. The number of hydrogen-bond acceptors (Lipinski definition) is 5. The minimum absolute atomic E-state index is 0.0336. The molecule has 0 atom stereocenters. The number of carbonyl (C=O) groups excluding carboxylic acids is 1. The van der Waals surface area contributed by atoms with Crippen molar-refractivity contribution >= 4 is 44.2 Å². The summed E-state index contributed by atoms with van der Waals surface area (Å²) in [6, 6.07) is 13.8. The minimum atomic E-state index is 0.0336. The van der Waals surface area contributed by atoms with Crippen molar-refractivity contribution in [3.05, 3.63) is 70.5 Å². The first kappa shape index (κ1) is 20.0. The first-order chi connectivity index (χ1) is 15.0. The molecule has 0 N–H and O–H groups in total. The molecule has 0 spiro atoms. The van der Waals surface area contributed by atoms with Gasteiger partial charge in [0, 0.05) is 31.2 Å². The maximum Gasteiger partial charge on any atom is 0.257 e. The lowest BCUT2D eigenvalue weighted by Crippen LogP contribution is -2.48. The van der Waals surface area contributed by atoms with Crippen LogP contribution in [-0.4, -0.2) is 51.8 Å². The Bertz CT molecular complexity index is 1260. The Morgan fingerprint density at radius 3 is 2.52 bits per heavy atom. The number of para-hydroxylation sites is 1. The number of thiazole rings is 1. The van der Waals surface area contributed by atoms with Gasteiger partial charge in [-0.2, -0.15) is 5.10 Å². The molecule has 1 aliphatic rings. The van der Waals surface area contributed by atoms with Gasteiger partial charge < -0.3 is 9.80 Å². The maximum atomic E-state index is 13.2. The Hall–Kier alpha value is -2.90. The molecule has 8 heteroatoms. The van der Waals surface area contributed by atoms with Crippen LogP contribution in [-0.2, 0) is 0 Å². The Labute approximate surface area is 189 Å². The number of carbonyl (C=O) groups is 1. The van der Waals surface area contributed by atoms with Crippen LogP contribution >= 0.6 is 22.9 Å². The number of fused-ring (bicyclic) bond motifs is 1. The van der Waals surface area contributed by atoms with E-state index >= 15 is 0 Å². The Morgan fingerprint density at radius 2 is 1.77 bits per heavy atom. The van der Waals surface area contributed by atoms with Gasteiger partial charge in [-0.15, -0.1) is 0 Å². The van der Waals surface area contributed by atoms with Crippen LogP contribution in [0.3, 0.4) is 0 Å². The molecule has 0 aliphatic carbocycles. The highest BCUT2D eigenvalue weighted by atomic mass is 35.5. The highest BCUT2D eigenvalue weighted by Gasteiger charge is 2.26. The van der Waals surface area contributed by atoms with Gasteiger partial charge in [-0.1, -0.05) is 41.1 Å². The van der Waals surface area contributed by atoms with E-state index in [9.17, 15) is 4.79 Å². The standard InChI is InChI=1S/C23H22ClN5OS/c1-15-19(24)8-9-20-21(15)26-23(31-20)28-12-10-27(11-13-28)22(30)18-14-25-29(16(18)2)17-6-4-3-5-7-17/h3-9,14H,10-13H2,1-2H3. The van der Waals surface area contributed by atoms with E-state index in [-0.39, 0.29) is 5.91 Å². The molecular weight excluding hydrogens is 430 g/mol. The average Bonchev–Trinajstić information content (AvgIpc) is 3.41. The largest absolute Gasteiger partial charge is 0.345 e. The molecule has 6 nitrogen and oxygen atoms in total. The number of anilines is 1. The first-order valence-electron chi connectivity index (χ1n) is 10.2. The summed E-state index contributed by atoms with van der Waals surface area (Å²) in [4.78, 5) is 22.1. The number of rotatable bonds is 3. The molecule has 4 aromatic rings. The van der Waals surface area contributed by atoms with Crippen molar-refractivity contribution < 1.29 is 4.79 Å². The Balaban J connectivity index is 1.30. The fourth-order valence-electron chi connectivity index (χ4n) is 3.94. The second kappa shape index (κ2) is 7.98. The summed E-state index contributed by atoms with van der Waals surface area (Å²) in [6.07, 6.45) is 1.68. The summed E-state index contributed by atoms with van der Waals surface area (Å²) in [5.74, 6) is 0.0336. The van der Waals surface area contributed by atoms with Crippen molar-refractivity contribution in [2.45, 2.75) is 13.8 Å². The number of aryl methyl sites for hydroxylation is 1. The predicted octanol–water partition coefficient (Wildman–Crippen LogP) is 4.71. The van der Waals surface area contributed by atoms with Crippen LogP contribution < -0.4 is 4.90 Å². The molecule has 2 aromatic heterocycles. The SMILES string of the molecule is Cc1c(Cl)ccc2sc(N3CCN(C(=O)c4cnn(-c5ccccc5)c4C)CC3)nc12. The Kier molecular flexibility index (Phi) is 5.16. The maximum absolute atomic E-state index is 13.2. The molecular formula is C23H22ClN5OS. The van der Waals surface area contributed by atoms with Crippen LogP contribution in [0.2, 0.25) is 5.02 Å². The number of nitrogens with zero attached hydrogens (tertiary/aromatic N) is 5. The van der Waals surface area contributed by atoms with Crippen molar-refractivity contribution in [2.24, 2.45) is 0 Å². The zero-order valence-electron chi connectivity index (χ0n) is 17.4. The van der Waals surface area contributed by atoms with Gasteiger partial charge in [0.05, 0.1) is 33.4 Å². The van der Waals surface area contributed by atoms with Crippen LogP contribution in [0, 0.1) is 13.8 Å². The summed E-state index contributed by atoms with van der Waals surface area (Å²) in [6.45, 7) is 6.77. The molecule has 1 amide bonds. The molecule has 2 aromatic carbocycles. The number of halogens is 1. The zero-order chi connectivity index (χ0) is 21.5. The molecule has 1 saturated heterocycles. The van der Waals surface area contributed by atoms with Crippen LogP contribution in [0.5, 0.6) is 0 Å². The van der Waals surface area contributed by atoms with E-state index in [4.69, 9.17) is 16.6 Å². The number of aromatic nitrogens is 3. The van der Waals surface area contributed by atoms with Crippen molar-refractivity contribution in [1.29, 1.82) is 0 Å². The van der Waals surface area contributed by atoms with Gasteiger partial charge >= 0.3 is 0 Å². The normalized spacial score (nSPS) is 14.4. The van der Waals surface area contributed by atoms with Crippen LogP contribution in [0.4, 0.5) is 5.13 Å². The van der Waals surface area contributed by atoms with Gasteiger partial charge in [0.25, 0.3) is 5.91 Å². The molecule has 0 saturated carbocycles. The monoisotopic (exact) mass is 451 g/mol. The molecule has 0 unspecified atom stereocenters. The highest BCUT2D eigenvalue weighted by molar-refractivity contribution is 7.22. The topological polar surface area (TPSA) is 54.3 Å². The third kappa shape index (κ3) is 3.58. The van der Waals surface area contributed by atoms with Crippen LogP contribution in [0.15, 0.2) is 48.7 Å². The summed E-state index contributed by atoms with van der Waals surface area (Å²) >= 11 is 7.92. The fourth-order valence-corrected chi connectivity index (χ4v) is 5.17. The van der Waals surface area contributed by atoms with E-state index in [2.05, 4.69) is 10.00 Å². The van der Waals surface area contributed by atoms with Crippen LogP contribution in [0.1, 0.15) is 21.6 Å². The van der Waals surface area contributed by atoms with Gasteiger partial charge in [0.2, 0.25) is 0 Å². The van der Waals surface area contributed by atoms with Gasteiger partial charge in [-0.3, -0.25) is 4.79 Å². The van der Waals surface area contributed by atoms with Gasteiger partial charge in [0.15, 0.2) is 5.13 Å². The van der Waals surface area contributed by atoms with Crippen molar-refractivity contribution in [3.8, 4) is 5.69 Å². The van der Waals surface area contributed by atoms with E-state index < -0.39 is 0 Å². The van der Waals surface area contributed by atoms with Gasteiger partial charge in [0.1, 0.15) is 0 Å². The Morgan fingerprint density at radius 1 is 1.03 bits per heavy atom. The lowest BCUT2D eigenvalue weighted by atomic mass is 10.2. The summed E-state index contributed by atoms with van der Waals surface area (Å²) < 4.78 is 2.96. The first-order valence-corrected chi connectivity index (χ1v) is 11.4. The fraction of sp³-hybridized carbons (Fsp3) is 0.261. The van der Waals surface area contributed by atoms with E-state index in [1.165, 1.54) is 0 Å². The number of piperazine rings is 1. The molecule has 0 bridgehead atoms. The molecule has 1 fully saturated rings. The van der Waals surface area contributed by atoms with Gasteiger partial charge in [-0.25, -0.2) is 9.67 Å². The molecule has 3 heterocycles. The molecule has 1 aliphatic heterocycles. The molecule has 31 heavy (non-hydrogen) atoms. The average molecular weight is 452 g/mol. The predicted molar refractivity (Wildman–Crippen MR) is 126 cm³/mol. The number of benzene rings is 2. The van der Waals surface area contributed by atoms with Gasteiger partial charge in [-0.05, 0) is 43.7 Å². The van der Waals surface area contributed by atoms with E-state index in [0.29, 0.717) is 18.7 Å². The number of amides is 1. The van der Waals surface area contributed by atoms with E-state index in [1.54, 1.807) is 17.5 Å². The van der Waals surface area contributed by atoms with Crippen LogP contribution in [0.25, 0.3) is 15.9 Å². The summed E-state index contributed by atoms with van der Waals surface area (Å²) in [5.41, 5.74) is 4.45. The number of hydrogen-bond donors (Lipinski definition) is 0. The van der Waals surface area contributed by atoms with Crippen molar-refractivity contribution in [1.82, 2.24) is 19.7 Å². The summed E-state index contributed by atoms with van der Waals surface area (Å²) in [5, 5.41) is 6.17. The highest BCUT2D eigenvalue weighted by Crippen LogP contribution is 2.34. The second-order valence-electron chi connectivity index (χ2n) is 7.69. The zero-order valence-corrected chi connectivity index (χ0v) is 19.0. The quantitative estimate of drug-likeness (QED) is 0.452. The summed E-state index contributed by atoms with van der Waals surface area (Å²) in [7, 11) is 0. The van der Waals surface area contributed by atoms with Crippen molar-refractivity contribution in [3.63, 3.8) is 0 Å². The van der Waals surface area contributed by atoms with E-state index in [1.807, 2.05) is 65.9 Å². The minimum Gasteiger partial charge on any atom is -0.345 e. The van der Waals surface area contributed by atoms with Crippen molar-refractivity contribution in [2.75, 3.05) is 31.1 Å². The lowest BCUT2D eigenvalue weighted by molar-refractivity contribution is 0.0746. The van der Waals surface area contributed by atoms with E-state index in [0.717, 1.165) is 50.4 Å². The molecule has 0 radical (unpaired) electrons.